The third-order valence-corrected chi connectivity index (χ3v) is 2.46. The van der Waals surface area contributed by atoms with Crippen LogP contribution in [0.5, 0.6) is 0 Å². The number of benzene rings is 1. The van der Waals surface area contributed by atoms with Crippen molar-refractivity contribution < 1.29 is 0 Å². The van der Waals surface area contributed by atoms with Crippen molar-refractivity contribution in [2.45, 2.75) is 33.6 Å². The van der Waals surface area contributed by atoms with Crippen LogP contribution in [0.2, 0.25) is 0 Å². The van der Waals surface area contributed by atoms with Crippen molar-refractivity contribution >= 4 is 10.9 Å². The second-order valence-electron chi connectivity index (χ2n) is 4.63. The highest BCUT2D eigenvalue weighted by molar-refractivity contribution is 5.82. The summed E-state index contributed by atoms with van der Waals surface area (Å²) in [5, 5.41) is 1.27. The Hall–Kier alpha value is -1.37. The molecule has 0 spiro atoms. The molecule has 0 aliphatic rings. The molecule has 0 N–H and O–H groups in total. The summed E-state index contributed by atoms with van der Waals surface area (Å²) in [5.74, 6) is 0. The van der Waals surface area contributed by atoms with Crippen molar-refractivity contribution in [2.24, 2.45) is 0 Å². The Balaban J connectivity index is 0.00000112. The van der Waals surface area contributed by atoms with E-state index in [1.165, 1.54) is 10.9 Å². The minimum Gasteiger partial charge on any atom is -0.256 e. The van der Waals surface area contributed by atoms with E-state index in [9.17, 15) is 0 Å². The molecule has 1 aromatic heterocycles. The predicted molar refractivity (Wildman–Crippen MR) is 67.2 cm³/mol. The quantitative estimate of drug-likeness (QED) is 0.623. The highest BCUT2D eigenvalue weighted by Gasteiger charge is 2.16. The van der Waals surface area contributed by atoms with E-state index in [0.717, 1.165) is 5.52 Å². The molecule has 1 aromatic carbocycles. The van der Waals surface area contributed by atoms with Crippen molar-refractivity contribution in [3.8, 4) is 0 Å². The zero-order valence-corrected chi connectivity index (χ0v) is 8.91. The molecule has 1 heteroatoms. The largest absolute Gasteiger partial charge is 0.256 e. The van der Waals surface area contributed by atoms with Gasteiger partial charge in [0.1, 0.15) is 0 Å². The van der Waals surface area contributed by atoms with E-state index in [2.05, 4.69) is 50.0 Å². The summed E-state index contributed by atoms with van der Waals surface area (Å²) in [5.41, 5.74) is 2.63. The Labute approximate surface area is 92.2 Å². The molecule has 80 valence electrons. The fraction of sp³-hybridized carbons (Fsp3) is 0.357. The number of fused-ring (bicyclic) bond motifs is 1. The number of pyridine rings is 1. The lowest BCUT2D eigenvalue weighted by Gasteiger charge is -2.20. The van der Waals surface area contributed by atoms with Gasteiger partial charge in [-0.15, -0.1) is 0 Å². The van der Waals surface area contributed by atoms with E-state index in [1.54, 1.807) is 0 Å². The Morgan fingerprint density at radius 2 is 1.67 bits per heavy atom. The molecule has 0 saturated heterocycles. The van der Waals surface area contributed by atoms with Gasteiger partial charge in [-0.05, 0) is 23.1 Å². The van der Waals surface area contributed by atoms with Crippen LogP contribution in [0, 0.1) is 0 Å². The molecule has 0 bridgehead atoms. The molecule has 0 atom stereocenters. The maximum Gasteiger partial charge on any atom is 0.0704 e. The van der Waals surface area contributed by atoms with Gasteiger partial charge in [0.15, 0.2) is 0 Å². The van der Waals surface area contributed by atoms with Crippen molar-refractivity contribution in [1.29, 1.82) is 0 Å². The lowest BCUT2D eigenvalue weighted by atomic mass is 9.85. The van der Waals surface area contributed by atoms with Crippen LogP contribution < -0.4 is 0 Å². The zero-order chi connectivity index (χ0) is 10.2. The number of hydrogen-bond donors (Lipinski definition) is 0. The first-order valence-corrected chi connectivity index (χ1v) is 4.93. The molecule has 0 aliphatic heterocycles. The average molecular weight is 201 g/mol. The van der Waals surface area contributed by atoms with E-state index in [1.807, 2.05) is 12.3 Å². The molecule has 0 radical (unpaired) electrons. The number of aromatic nitrogens is 1. The minimum atomic E-state index is 0. The third-order valence-electron chi connectivity index (χ3n) is 2.46. The van der Waals surface area contributed by atoms with E-state index >= 15 is 0 Å². The highest BCUT2D eigenvalue weighted by atomic mass is 14.6. The van der Waals surface area contributed by atoms with Crippen molar-refractivity contribution in [3.05, 3.63) is 42.1 Å². The molecule has 1 nitrogen and oxygen atoms in total. The molecule has 0 saturated carbocycles. The second kappa shape index (κ2) is 4.01. The average Bonchev–Trinajstić information content (AvgIpc) is 2.15. The molecule has 0 aliphatic carbocycles. The van der Waals surface area contributed by atoms with Gasteiger partial charge in [0.05, 0.1) is 5.52 Å². The first-order chi connectivity index (χ1) is 6.59. The molecular weight excluding hydrogens is 182 g/mol. The third kappa shape index (κ3) is 2.17. The number of rotatable bonds is 0. The summed E-state index contributed by atoms with van der Waals surface area (Å²) in [6.45, 7) is 6.69. The summed E-state index contributed by atoms with van der Waals surface area (Å²) in [4.78, 5) is 4.36. The monoisotopic (exact) mass is 201 g/mol. The van der Waals surface area contributed by atoms with Crippen LogP contribution >= 0.6 is 0 Å². The first kappa shape index (κ1) is 11.7. The van der Waals surface area contributed by atoms with E-state index < -0.39 is 0 Å². The Morgan fingerprint density at radius 1 is 1.00 bits per heavy atom. The Morgan fingerprint density at radius 3 is 2.33 bits per heavy atom. The standard InChI is InChI=1S/C13H15N.CH4/c1-13(2,3)11-8-9-14-12-7-5-4-6-10(11)12;/h4-9H,1-3H3;1H4. The fourth-order valence-electron chi connectivity index (χ4n) is 1.75. The van der Waals surface area contributed by atoms with Gasteiger partial charge in [0, 0.05) is 11.6 Å². The van der Waals surface area contributed by atoms with Crippen LogP contribution in [0.1, 0.15) is 33.8 Å². The number of hydrogen-bond acceptors (Lipinski definition) is 1. The van der Waals surface area contributed by atoms with Crippen molar-refractivity contribution in [2.75, 3.05) is 0 Å². The van der Waals surface area contributed by atoms with Gasteiger partial charge in [-0.3, -0.25) is 4.98 Å². The van der Waals surface area contributed by atoms with Crippen LogP contribution in [0.15, 0.2) is 36.5 Å². The Kier molecular flexibility index (Phi) is 3.13. The van der Waals surface area contributed by atoms with Crippen LogP contribution in [0.25, 0.3) is 10.9 Å². The van der Waals surface area contributed by atoms with Crippen LogP contribution in [0.3, 0.4) is 0 Å². The van der Waals surface area contributed by atoms with Gasteiger partial charge in [0.25, 0.3) is 0 Å². The van der Waals surface area contributed by atoms with Crippen LogP contribution in [-0.4, -0.2) is 4.98 Å². The van der Waals surface area contributed by atoms with Gasteiger partial charge < -0.3 is 0 Å². The van der Waals surface area contributed by atoms with E-state index in [0.29, 0.717) is 0 Å². The molecule has 15 heavy (non-hydrogen) atoms. The summed E-state index contributed by atoms with van der Waals surface area (Å²) in [7, 11) is 0. The highest BCUT2D eigenvalue weighted by Crippen LogP contribution is 2.28. The molecule has 2 rings (SSSR count). The Bertz CT molecular complexity index is 447. The number of para-hydroxylation sites is 1. The van der Waals surface area contributed by atoms with Crippen LogP contribution in [0.4, 0.5) is 0 Å². The SMILES string of the molecule is C.CC(C)(C)c1ccnc2ccccc12. The van der Waals surface area contributed by atoms with Gasteiger partial charge in [-0.2, -0.15) is 0 Å². The lowest BCUT2D eigenvalue weighted by Crippen LogP contribution is -2.11. The molecule has 0 amide bonds. The summed E-state index contributed by atoms with van der Waals surface area (Å²) in [6, 6.07) is 10.4. The molecular formula is C14H19N. The van der Waals surface area contributed by atoms with E-state index in [-0.39, 0.29) is 12.8 Å². The summed E-state index contributed by atoms with van der Waals surface area (Å²) >= 11 is 0. The maximum absolute atomic E-state index is 4.36. The summed E-state index contributed by atoms with van der Waals surface area (Å²) in [6.07, 6.45) is 1.89. The topological polar surface area (TPSA) is 12.9 Å². The van der Waals surface area contributed by atoms with Crippen molar-refractivity contribution in [1.82, 2.24) is 4.98 Å². The second-order valence-corrected chi connectivity index (χ2v) is 4.63. The molecule has 0 unspecified atom stereocenters. The fourth-order valence-corrected chi connectivity index (χ4v) is 1.75. The number of nitrogens with zero attached hydrogens (tertiary/aromatic N) is 1. The van der Waals surface area contributed by atoms with E-state index in [4.69, 9.17) is 0 Å². The zero-order valence-electron chi connectivity index (χ0n) is 8.91. The lowest BCUT2D eigenvalue weighted by molar-refractivity contribution is 0.595. The van der Waals surface area contributed by atoms with Gasteiger partial charge in [-0.1, -0.05) is 46.4 Å². The van der Waals surface area contributed by atoms with Crippen LogP contribution in [-0.2, 0) is 5.41 Å². The summed E-state index contributed by atoms with van der Waals surface area (Å²) < 4.78 is 0. The smallest absolute Gasteiger partial charge is 0.0704 e. The van der Waals surface area contributed by atoms with Gasteiger partial charge in [-0.25, -0.2) is 0 Å². The maximum atomic E-state index is 4.36. The first-order valence-electron chi connectivity index (χ1n) is 4.93. The predicted octanol–water partition coefficient (Wildman–Crippen LogP) is 4.17. The van der Waals surface area contributed by atoms with Crippen molar-refractivity contribution in [3.63, 3.8) is 0 Å². The van der Waals surface area contributed by atoms with Gasteiger partial charge in [0.2, 0.25) is 0 Å². The normalized spacial score (nSPS) is 11.1. The molecule has 1 heterocycles. The minimum absolute atomic E-state index is 0. The van der Waals surface area contributed by atoms with Gasteiger partial charge >= 0.3 is 0 Å². The molecule has 0 fully saturated rings. The molecule has 2 aromatic rings.